The number of nitrogens with zero attached hydrogens (tertiary/aromatic N) is 3. The lowest BCUT2D eigenvalue weighted by molar-refractivity contribution is 0.105. The zero-order valence-corrected chi connectivity index (χ0v) is 11.6. The van der Waals surface area contributed by atoms with Crippen LogP contribution in [-0.2, 0) is 4.74 Å². The second kappa shape index (κ2) is 5.11. The molecule has 2 aliphatic rings. The molecule has 21 heavy (non-hydrogen) atoms. The van der Waals surface area contributed by atoms with Crippen LogP contribution in [0, 0.1) is 5.82 Å². The number of benzene rings is 1. The number of aromatic nitrogens is 3. The van der Waals surface area contributed by atoms with Crippen molar-refractivity contribution in [1.82, 2.24) is 14.8 Å². The zero-order valence-electron chi connectivity index (χ0n) is 11.6. The van der Waals surface area contributed by atoms with Gasteiger partial charge in [0.25, 0.3) is 0 Å². The van der Waals surface area contributed by atoms with Gasteiger partial charge in [0.1, 0.15) is 11.9 Å². The Morgan fingerprint density at radius 3 is 2.86 bits per heavy atom. The third kappa shape index (κ3) is 2.29. The van der Waals surface area contributed by atoms with Crippen molar-refractivity contribution in [2.75, 3.05) is 18.5 Å². The summed E-state index contributed by atoms with van der Waals surface area (Å²) in [7, 11) is 0. The molecular formula is C15H17FN4O. The fraction of sp³-hybridized carbons (Fsp3) is 0.467. The molecule has 0 saturated carbocycles. The van der Waals surface area contributed by atoms with E-state index in [0.717, 1.165) is 49.8 Å². The van der Waals surface area contributed by atoms with Crippen LogP contribution < -0.4 is 5.32 Å². The molecule has 0 amide bonds. The summed E-state index contributed by atoms with van der Waals surface area (Å²) in [5, 5.41) is 7.91. The normalized spacial score (nSPS) is 24.6. The quantitative estimate of drug-likeness (QED) is 0.923. The smallest absolute Gasteiger partial charge is 0.222 e. The molecule has 1 saturated heterocycles. The van der Waals surface area contributed by atoms with Crippen LogP contribution >= 0.6 is 0 Å². The first-order valence-corrected chi connectivity index (χ1v) is 7.38. The average molecular weight is 288 g/mol. The van der Waals surface area contributed by atoms with Crippen LogP contribution in [0.15, 0.2) is 24.3 Å². The molecule has 0 bridgehead atoms. The lowest BCUT2D eigenvalue weighted by atomic mass is 10.0. The summed E-state index contributed by atoms with van der Waals surface area (Å²) in [6.45, 7) is 1.62. The number of nitrogens with one attached hydrogen (secondary N) is 1. The first-order valence-electron chi connectivity index (χ1n) is 7.38. The molecule has 2 unspecified atom stereocenters. The molecule has 2 aromatic rings. The Bertz CT molecular complexity index is 634. The van der Waals surface area contributed by atoms with Crippen LogP contribution in [0.4, 0.5) is 10.3 Å². The summed E-state index contributed by atoms with van der Waals surface area (Å²) in [5.41, 5.74) is 1.06. The standard InChI is InChI=1S/C15H17FN4O/c16-11-5-3-10(4-6-11)12-7-8-17-15-18-14(19-20(12)15)13-2-1-9-21-13/h3-6,12-13H,1-2,7-9H2,(H,17,18,19). The Balaban J connectivity index is 1.68. The molecule has 1 fully saturated rings. The van der Waals surface area contributed by atoms with Gasteiger partial charge in [-0.05, 0) is 37.0 Å². The molecule has 1 aromatic carbocycles. The van der Waals surface area contributed by atoms with Crippen LogP contribution in [0.1, 0.15) is 42.8 Å². The minimum Gasteiger partial charge on any atom is -0.370 e. The van der Waals surface area contributed by atoms with E-state index in [1.54, 1.807) is 0 Å². The number of halogens is 1. The van der Waals surface area contributed by atoms with Crippen LogP contribution in [-0.4, -0.2) is 27.9 Å². The topological polar surface area (TPSA) is 52.0 Å². The van der Waals surface area contributed by atoms with Gasteiger partial charge in [-0.25, -0.2) is 9.07 Å². The van der Waals surface area contributed by atoms with Crippen molar-refractivity contribution in [1.29, 1.82) is 0 Å². The van der Waals surface area contributed by atoms with Crippen LogP contribution in [0.2, 0.25) is 0 Å². The molecule has 0 aliphatic carbocycles. The third-order valence-corrected chi connectivity index (χ3v) is 4.12. The minimum atomic E-state index is -0.216. The Hall–Kier alpha value is -1.95. The third-order valence-electron chi connectivity index (χ3n) is 4.12. The first kappa shape index (κ1) is 12.8. The van der Waals surface area contributed by atoms with Crippen LogP contribution in [0.5, 0.6) is 0 Å². The second-order valence-electron chi connectivity index (χ2n) is 5.52. The maximum atomic E-state index is 13.1. The lowest BCUT2D eigenvalue weighted by Gasteiger charge is -2.24. The van der Waals surface area contributed by atoms with Gasteiger partial charge in [0.05, 0.1) is 6.04 Å². The summed E-state index contributed by atoms with van der Waals surface area (Å²) < 4.78 is 20.7. The summed E-state index contributed by atoms with van der Waals surface area (Å²) in [5.74, 6) is 1.32. The predicted octanol–water partition coefficient (Wildman–Crippen LogP) is 2.67. The van der Waals surface area contributed by atoms with Gasteiger partial charge >= 0.3 is 0 Å². The highest BCUT2D eigenvalue weighted by atomic mass is 19.1. The second-order valence-corrected chi connectivity index (χ2v) is 5.52. The van der Waals surface area contributed by atoms with Gasteiger partial charge in [-0.3, -0.25) is 0 Å². The number of hydrogen-bond acceptors (Lipinski definition) is 4. The molecule has 2 atom stereocenters. The fourth-order valence-electron chi connectivity index (χ4n) is 3.03. The summed E-state index contributed by atoms with van der Waals surface area (Å²) in [6, 6.07) is 6.74. The van der Waals surface area contributed by atoms with Gasteiger partial charge in [-0.15, -0.1) is 0 Å². The molecular weight excluding hydrogens is 271 g/mol. The maximum absolute atomic E-state index is 13.1. The van der Waals surface area contributed by atoms with Crippen molar-refractivity contribution in [2.24, 2.45) is 0 Å². The maximum Gasteiger partial charge on any atom is 0.222 e. The highest BCUT2D eigenvalue weighted by molar-refractivity contribution is 5.33. The van der Waals surface area contributed by atoms with Crippen LogP contribution in [0.3, 0.4) is 0 Å². The molecule has 1 N–H and O–H groups in total. The molecule has 2 aliphatic heterocycles. The molecule has 4 rings (SSSR count). The van der Waals surface area contributed by atoms with Gasteiger partial charge in [0.2, 0.25) is 5.95 Å². The van der Waals surface area contributed by atoms with Crippen molar-refractivity contribution in [3.63, 3.8) is 0 Å². The van der Waals surface area contributed by atoms with Gasteiger partial charge in [0.15, 0.2) is 5.82 Å². The number of anilines is 1. The largest absolute Gasteiger partial charge is 0.370 e. The molecule has 110 valence electrons. The van der Waals surface area contributed by atoms with Crippen molar-refractivity contribution in [3.05, 3.63) is 41.5 Å². The molecule has 1 aromatic heterocycles. The summed E-state index contributed by atoms with van der Waals surface area (Å²) in [6.07, 6.45) is 2.96. The Morgan fingerprint density at radius 2 is 2.10 bits per heavy atom. The van der Waals surface area contributed by atoms with E-state index >= 15 is 0 Å². The number of hydrogen-bond donors (Lipinski definition) is 1. The lowest BCUT2D eigenvalue weighted by Crippen LogP contribution is -2.24. The minimum absolute atomic E-state index is 0.0127. The van der Waals surface area contributed by atoms with E-state index < -0.39 is 0 Å². The van der Waals surface area contributed by atoms with Crippen molar-refractivity contribution < 1.29 is 9.13 Å². The molecule has 0 radical (unpaired) electrons. The first-order chi connectivity index (χ1) is 10.3. The molecule has 3 heterocycles. The highest BCUT2D eigenvalue weighted by Gasteiger charge is 2.28. The molecule has 6 heteroatoms. The van der Waals surface area contributed by atoms with E-state index in [1.807, 2.05) is 16.8 Å². The van der Waals surface area contributed by atoms with Gasteiger partial charge in [0, 0.05) is 13.2 Å². The SMILES string of the molecule is Fc1ccc(C2CCNc3nc(C4CCCO4)nn32)cc1. The average Bonchev–Trinajstić information content (AvgIpc) is 3.16. The predicted molar refractivity (Wildman–Crippen MR) is 75.6 cm³/mol. The number of ether oxygens (including phenoxy) is 1. The van der Waals surface area contributed by atoms with E-state index in [4.69, 9.17) is 4.74 Å². The zero-order chi connectivity index (χ0) is 14.2. The summed E-state index contributed by atoms with van der Waals surface area (Å²) in [4.78, 5) is 4.57. The van der Waals surface area contributed by atoms with Crippen molar-refractivity contribution in [3.8, 4) is 0 Å². The fourth-order valence-corrected chi connectivity index (χ4v) is 3.03. The van der Waals surface area contributed by atoms with E-state index in [1.165, 1.54) is 12.1 Å². The monoisotopic (exact) mass is 288 g/mol. The summed E-state index contributed by atoms with van der Waals surface area (Å²) >= 11 is 0. The van der Waals surface area contributed by atoms with E-state index in [0.29, 0.717) is 0 Å². The van der Waals surface area contributed by atoms with Gasteiger partial charge < -0.3 is 10.1 Å². The Labute approximate surface area is 122 Å². The van der Waals surface area contributed by atoms with Gasteiger partial charge in [-0.1, -0.05) is 12.1 Å². The van der Waals surface area contributed by atoms with Crippen LogP contribution in [0.25, 0.3) is 0 Å². The number of rotatable bonds is 2. The highest BCUT2D eigenvalue weighted by Crippen LogP contribution is 2.32. The van der Waals surface area contributed by atoms with E-state index in [2.05, 4.69) is 15.4 Å². The Morgan fingerprint density at radius 1 is 1.24 bits per heavy atom. The van der Waals surface area contributed by atoms with E-state index in [9.17, 15) is 4.39 Å². The van der Waals surface area contributed by atoms with Crippen molar-refractivity contribution in [2.45, 2.75) is 31.4 Å². The van der Waals surface area contributed by atoms with E-state index in [-0.39, 0.29) is 18.0 Å². The number of fused-ring (bicyclic) bond motifs is 1. The molecule has 0 spiro atoms. The molecule has 5 nitrogen and oxygen atoms in total. The Kier molecular flexibility index (Phi) is 3.11. The van der Waals surface area contributed by atoms with Crippen molar-refractivity contribution >= 4 is 5.95 Å². The van der Waals surface area contributed by atoms with Gasteiger partial charge in [-0.2, -0.15) is 10.1 Å².